The number of amides is 3. The van der Waals surface area contributed by atoms with Crippen molar-refractivity contribution < 1.29 is 14.4 Å². The van der Waals surface area contributed by atoms with Crippen LogP contribution in [0.25, 0.3) is 0 Å². The molecule has 2 rings (SSSR count). The molecule has 0 saturated carbocycles. The largest absolute Gasteiger partial charge is 0.342 e. The first-order valence-corrected chi connectivity index (χ1v) is 8.16. The van der Waals surface area contributed by atoms with Crippen LogP contribution in [0.2, 0.25) is 0 Å². The van der Waals surface area contributed by atoms with Crippen LogP contribution in [-0.4, -0.2) is 60.7 Å². The van der Waals surface area contributed by atoms with Gasteiger partial charge in [-0.15, -0.1) is 0 Å². The smallest absolute Gasteiger partial charge is 0.242 e. The maximum Gasteiger partial charge on any atom is 0.242 e. The predicted molar refractivity (Wildman–Crippen MR) is 92.9 cm³/mol. The molecule has 1 fully saturated rings. The second-order valence-electron chi connectivity index (χ2n) is 6.37. The molecule has 1 aliphatic heterocycles. The minimum Gasteiger partial charge on any atom is -0.342 e. The van der Waals surface area contributed by atoms with E-state index in [0.29, 0.717) is 26.2 Å². The van der Waals surface area contributed by atoms with Crippen molar-refractivity contribution in [3.63, 3.8) is 0 Å². The van der Waals surface area contributed by atoms with E-state index in [-0.39, 0.29) is 18.4 Å². The van der Waals surface area contributed by atoms with E-state index in [1.165, 1.54) is 6.92 Å². The zero-order chi connectivity index (χ0) is 17.9. The Hall–Kier alpha value is -2.37. The third-order valence-corrected chi connectivity index (χ3v) is 4.39. The van der Waals surface area contributed by atoms with Crippen LogP contribution < -0.4 is 4.90 Å². The number of hydrogen-bond donors (Lipinski definition) is 0. The van der Waals surface area contributed by atoms with E-state index in [9.17, 15) is 14.4 Å². The minimum atomic E-state index is -0.148. The van der Waals surface area contributed by atoms with Gasteiger partial charge in [-0.1, -0.05) is 17.7 Å². The summed E-state index contributed by atoms with van der Waals surface area (Å²) in [6.45, 7) is 9.54. The summed E-state index contributed by atoms with van der Waals surface area (Å²) >= 11 is 0. The molecule has 0 aliphatic carbocycles. The molecule has 0 aromatic heterocycles. The van der Waals surface area contributed by atoms with Crippen LogP contribution in [0.3, 0.4) is 0 Å². The standard InChI is InChI=1S/C18H25N3O3/c1-13-9-14(2)18(15(3)10-13)21(16(4)23)11-17(24)20-7-5-19(12-22)6-8-20/h9-10,12H,5-8,11H2,1-4H3. The normalized spacial score (nSPS) is 14.5. The lowest BCUT2D eigenvalue weighted by molar-refractivity contribution is -0.134. The van der Waals surface area contributed by atoms with Gasteiger partial charge in [0.25, 0.3) is 0 Å². The lowest BCUT2D eigenvalue weighted by atomic mass is 10.0. The molecule has 3 amide bonds. The van der Waals surface area contributed by atoms with Crippen LogP contribution in [0, 0.1) is 20.8 Å². The fourth-order valence-corrected chi connectivity index (χ4v) is 3.26. The van der Waals surface area contributed by atoms with E-state index in [2.05, 4.69) is 0 Å². The van der Waals surface area contributed by atoms with E-state index < -0.39 is 0 Å². The molecular weight excluding hydrogens is 306 g/mol. The van der Waals surface area contributed by atoms with Crippen molar-refractivity contribution in [2.45, 2.75) is 27.7 Å². The van der Waals surface area contributed by atoms with Gasteiger partial charge in [0.15, 0.2) is 0 Å². The number of aryl methyl sites for hydroxylation is 3. The minimum absolute atomic E-state index is 0.0289. The second-order valence-corrected chi connectivity index (χ2v) is 6.37. The number of anilines is 1. The summed E-state index contributed by atoms with van der Waals surface area (Å²) in [5, 5.41) is 0. The highest BCUT2D eigenvalue weighted by Crippen LogP contribution is 2.26. The Kier molecular flexibility index (Phi) is 5.59. The quantitative estimate of drug-likeness (QED) is 0.781. The van der Waals surface area contributed by atoms with Crippen LogP contribution in [0.1, 0.15) is 23.6 Å². The molecule has 6 nitrogen and oxygen atoms in total. The summed E-state index contributed by atoms with van der Waals surface area (Å²) in [6, 6.07) is 4.04. The lowest BCUT2D eigenvalue weighted by Gasteiger charge is -2.34. The van der Waals surface area contributed by atoms with Crippen molar-refractivity contribution in [1.29, 1.82) is 0 Å². The summed E-state index contributed by atoms with van der Waals surface area (Å²) in [5.41, 5.74) is 3.92. The van der Waals surface area contributed by atoms with Gasteiger partial charge >= 0.3 is 0 Å². The molecular formula is C18H25N3O3. The number of benzene rings is 1. The molecule has 24 heavy (non-hydrogen) atoms. The first kappa shape index (κ1) is 18.0. The Morgan fingerprint density at radius 1 is 1.08 bits per heavy atom. The van der Waals surface area contributed by atoms with Crippen molar-refractivity contribution in [1.82, 2.24) is 9.80 Å². The summed E-state index contributed by atoms with van der Waals surface area (Å²) in [4.78, 5) is 40.4. The van der Waals surface area contributed by atoms with Crippen molar-refractivity contribution >= 4 is 23.9 Å². The zero-order valence-electron chi connectivity index (χ0n) is 14.8. The SMILES string of the molecule is CC(=O)N(CC(=O)N1CCN(C=O)CC1)c1c(C)cc(C)cc1C. The number of piperazine rings is 1. The summed E-state index contributed by atoms with van der Waals surface area (Å²) < 4.78 is 0. The molecule has 0 radical (unpaired) electrons. The molecule has 0 N–H and O–H groups in total. The number of hydrogen-bond acceptors (Lipinski definition) is 3. The fraction of sp³-hybridized carbons (Fsp3) is 0.500. The number of carbonyl (C=O) groups is 3. The van der Waals surface area contributed by atoms with Gasteiger partial charge in [-0.25, -0.2) is 0 Å². The van der Waals surface area contributed by atoms with E-state index >= 15 is 0 Å². The molecule has 1 heterocycles. The number of carbonyl (C=O) groups excluding carboxylic acids is 3. The van der Waals surface area contributed by atoms with Crippen molar-refractivity contribution in [2.24, 2.45) is 0 Å². The van der Waals surface area contributed by atoms with Gasteiger partial charge in [0, 0.05) is 33.1 Å². The van der Waals surface area contributed by atoms with Crippen LogP contribution in [-0.2, 0) is 14.4 Å². The highest BCUT2D eigenvalue weighted by atomic mass is 16.2. The highest BCUT2D eigenvalue weighted by molar-refractivity contribution is 5.98. The maximum atomic E-state index is 12.6. The molecule has 1 aromatic carbocycles. The third kappa shape index (κ3) is 3.93. The monoisotopic (exact) mass is 331 g/mol. The molecule has 1 saturated heterocycles. The maximum absolute atomic E-state index is 12.6. The van der Waals surface area contributed by atoms with Crippen LogP contribution in [0.5, 0.6) is 0 Å². The topological polar surface area (TPSA) is 60.9 Å². The molecule has 0 unspecified atom stereocenters. The first-order chi connectivity index (χ1) is 11.3. The van der Waals surface area contributed by atoms with Crippen molar-refractivity contribution in [2.75, 3.05) is 37.6 Å². The Morgan fingerprint density at radius 2 is 1.62 bits per heavy atom. The second kappa shape index (κ2) is 7.47. The average molecular weight is 331 g/mol. The number of rotatable bonds is 4. The molecule has 1 aliphatic rings. The lowest BCUT2D eigenvalue weighted by Crippen LogP contribution is -2.51. The third-order valence-electron chi connectivity index (χ3n) is 4.39. The van der Waals surface area contributed by atoms with Gasteiger partial charge in [0.05, 0.1) is 5.69 Å². The van der Waals surface area contributed by atoms with Crippen molar-refractivity contribution in [3.8, 4) is 0 Å². The number of nitrogens with zero attached hydrogens (tertiary/aromatic N) is 3. The van der Waals surface area contributed by atoms with Crippen molar-refractivity contribution in [3.05, 3.63) is 28.8 Å². The Morgan fingerprint density at radius 3 is 2.08 bits per heavy atom. The molecule has 1 aromatic rings. The Labute approximate surface area is 143 Å². The average Bonchev–Trinajstić information content (AvgIpc) is 2.52. The van der Waals surface area contributed by atoms with E-state index in [4.69, 9.17) is 0 Å². The first-order valence-electron chi connectivity index (χ1n) is 8.16. The van der Waals surface area contributed by atoms with Crippen LogP contribution in [0.4, 0.5) is 5.69 Å². The van der Waals surface area contributed by atoms with Gasteiger partial charge < -0.3 is 14.7 Å². The summed E-state index contributed by atoms with van der Waals surface area (Å²) in [5.74, 6) is -0.236. The zero-order valence-corrected chi connectivity index (χ0v) is 14.8. The van der Waals surface area contributed by atoms with Crippen LogP contribution in [0.15, 0.2) is 12.1 Å². The Balaban J connectivity index is 2.17. The summed E-state index contributed by atoms with van der Waals surface area (Å²) in [7, 11) is 0. The Bertz CT molecular complexity index is 626. The van der Waals surface area contributed by atoms with Gasteiger partial charge in [-0.3, -0.25) is 14.4 Å². The fourth-order valence-electron chi connectivity index (χ4n) is 3.26. The van der Waals surface area contributed by atoms with Gasteiger partial charge in [0.2, 0.25) is 18.2 Å². The molecule has 0 bridgehead atoms. The van der Waals surface area contributed by atoms with E-state index in [1.54, 1.807) is 14.7 Å². The van der Waals surface area contributed by atoms with Gasteiger partial charge in [0.1, 0.15) is 6.54 Å². The van der Waals surface area contributed by atoms with Gasteiger partial charge in [-0.05, 0) is 31.9 Å². The van der Waals surface area contributed by atoms with E-state index in [0.717, 1.165) is 28.8 Å². The molecule has 0 atom stereocenters. The highest BCUT2D eigenvalue weighted by Gasteiger charge is 2.25. The predicted octanol–water partition coefficient (Wildman–Crippen LogP) is 1.27. The van der Waals surface area contributed by atoms with E-state index in [1.807, 2.05) is 32.9 Å². The summed E-state index contributed by atoms with van der Waals surface area (Å²) in [6.07, 6.45) is 0.808. The molecule has 6 heteroatoms. The van der Waals surface area contributed by atoms with Gasteiger partial charge in [-0.2, -0.15) is 0 Å². The molecule has 130 valence electrons. The van der Waals surface area contributed by atoms with Crippen LogP contribution >= 0.6 is 0 Å². The molecule has 0 spiro atoms.